The molecule has 6 rings (SSSR count). The van der Waals surface area contributed by atoms with Crippen LogP contribution in [0.2, 0.25) is 0 Å². The van der Waals surface area contributed by atoms with E-state index >= 15 is 0 Å². The normalized spacial score (nSPS) is 21.8. The van der Waals surface area contributed by atoms with E-state index < -0.39 is 0 Å². The van der Waals surface area contributed by atoms with Crippen LogP contribution in [-0.2, 0) is 17.6 Å². The van der Waals surface area contributed by atoms with Crippen molar-refractivity contribution in [1.82, 2.24) is 0 Å². The molecule has 0 spiro atoms. The van der Waals surface area contributed by atoms with Gasteiger partial charge in [-0.25, -0.2) is 0 Å². The molecule has 0 N–H and O–H groups in total. The van der Waals surface area contributed by atoms with Crippen molar-refractivity contribution in [3.63, 3.8) is 0 Å². The molecule has 2 saturated carbocycles. The van der Waals surface area contributed by atoms with Gasteiger partial charge in [-0.3, -0.25) is 4.79 Å². The fourth-order valence-electron chi connectivity index (χ4n) is 8.16. The van der Waals surface area contributed by atoms with Crippen molar-refractivity contribution < 1.29 is 4.79 Å². The number of nitriles is 2. The van der Waals surface area contributed by atoms with Gasteiger partial charge in [0.25, 0.3) is 0 Å². The van der Waals surface area contributed by atoms with Crippen LogP contribution in [0, 0.1) is 34.5 Å². The standard InChI is InChI=1S/C45H46Cl2N2O/c46-44(27-33-1-5-35(29-48)6-2-33)41-21-17-39(18-22-41)37-13-9-31(10-14-37)25-43(50)26-32-11-15-38(16-12-32)40-19-23-42(24-20-40)45(47)28-34-3-7-36(30-49)8-4-34/h1-8,17-24,31-32,37-38,44-45H,9-16,25-28H2/t31-,32?,37-,38?,44?,45?. The summed E-state index contributed by atoms with van der Waals surface area (Å²) < 4.78 is 0. The molecule has 4 aromatic rings. The van der Waals surface area contributed by atoms with E-state index in [1.165, 1.54) is 11.1 Å². The zero-order chi connectivity index (χ0) is 34.9. The van der Waals surface area contributed by atoms with Crippen LogP contribution in [0.1, 0.15) is 131 Å². The topological polar surface area (TPSA) is 64.7 Å². The molecular formula is C45H46Cl2N2O. The fourth-order valence-corrected chi connectivity index (χ4v) is 8.81. The molecule has 3 nitrogen and oxygen atoms in total. The van der Waals surface area contributed by atoms with Crippen LogP contribution in [0.4, 0.5) is 0 Å². The summed E-state index contributed by atoms with van der Waals surface area (Å²) in [6, 6.07) is 37.3. The summed E-state index contributed by atoms with van der Waals surface area (Å²) in [6.07, 6.45) is 12.1. The van der Waals surface area contributed by atoms with Gasteiger partial charge >= 0.3 is 0 Å². The van der Waals surface area contributed by atoms with Crippen LogP contribution >= 0.6 is 23.2 Å². The van der Waals surface area contributed by atoms with Crippen LogP contribution in [0.15, 0.2) is 97.1 Å². The summed E-state index contributed by atoms with van der Waals surface area (Å²) in [7, 11) is 0. The zero-order valence-electron chi connectivity index (χ0n) is 28.7. The molecule has 0 amide bonds. The van der Waals surface area contributed by atoms with Gasteiger partial charge in [0.1, 0.15) is 5.78 Å². The molecule has 4 aromatic carbocycles. The highest BCUT2D eigenvalue weighted by Crippen LogP contribution is 2.41. The minimum atomic E-state index is -0.0997. The first kappa shape index (κ1) is 35.9. The smallest absolute Gasteiger partial charge is 0.133 e. The van der Waals surface area contributed by atoms with Crippen LogP contribution in [0.25, 0.3) is 0 Å². The predicted molar refractivity (Wildman–Crippen MR) is 203 cm³/mol. The maximum absolute atomic E-state index is 13.2. The first-order chi connectivity index (χ1) is 24.4. The van der Waals surface area contributed by atoms with E-state index in [0.717, 1.165) is 99.3 Å². The number of hydrogen-bond acceptors (Lipinski definition) is 3. The zero-order valence-corrected chi connectivity index (χ0v) is 30.3. The van der Waals surface area contributed by atoms with Crippen LogP contribution in [0.5, 0.6) is 0 Å². The van der Waals surface area contributed by atoms with E-state index in [0.29, 0.717) is 40.6 Å². The Kier molecular flexibility index (Phi) is 12.5. The van der Waals surface area contributed by atoms with Crippen molar-refractivity contribution in [3.8, 4) is 12.1 Å². The Balaban J connectivity index is 0.890. The van der Waals surface area contributed by atoms with Crippen LogP contribution in [0.3, 0.4) is 0 Å². The molecule has 256 valence electrons. The van der Waals surface area contributed by atoms with E-state index in [1.807, 2.05) is 48.5 Å². The van der Waals surface area contributed by atoms with Crippen molar-refractivity contribution in [2.24, 2.45) is 11.8 Å². The van der Waals surface area contributed by atoms with E-state index in [2.05, 4.69) is 60.7 Å². The molecular weight excluding hydrogens is 655 g/mol. The molecule has 0 saturated heterocycles. The molecule has 2 unspecified atom stereocenters. The molecule has 0 heterocycles. The minimum Gasteiger partial charge on any atom is -0.300 e. The van der Waals surface area contributed by atoms with Gasteiger partial charge in [0, 0.05) is 12.8 Å². The quantitative estimate of drug-likeness (QED) is 0.138. The number of hydrogen-bond donors (Lipinski definition) is 0. The molecule has 50 heavy (non-hydrogen) atoms. The molecule has 2 atom stereocenters. The van der Waals surface area contributed by atoms with Crippen molar-refractivity contribution in [2.75, 3.05) is 0 Å². The van der Waals surface area contributed by atoms with Crippen molar-refractivity contribution in [3.05, 3.63) is 142 Å². The summed E-state index contributed by atoms with van der Waals surface area (Å²) in [5, 5.41) is 17.8. The monoisotopic (exact) mass is 700 g/mol. The second kappa shape index (κ2) is 17.4. The van der Waals surface area contributed by atoms with Gasteiger partial charge in [0.05, 0.1) is 34.0 Å². The number of carbonyl (C=O) groups excluding carboxylic acids is 1. The number of benzene rings is 4. The number of alkyl halides is 2. The highest BCUT2D eigenvalue weighted by Gasteiger charge is 2.28. The number of carbonyl (C=O) groups is 1. The predicted octanol–water partition coefficient (Wildman–Crippen LogP) is 12.1. The van der Waals surface area contributed by atoms with E-state index in [-0.39, 0.29) is 10.8 Å². The molecule has 0 aromatic heterocycles. The maximum Gasteiger partial charge on any atom is 0.133 e. The molecule has 2 aliphatic rings. The first-order valence-electron chi connectivity index (χ1n) is 18.3. The summed E-state index contributed by atoms with van der Waals surface area (Å²) in [6.45, 7) is 0. The second-order valence-electron chi connectivity index (χ2n) is 14.7. The first-order valence-corrected chi connectivity index (χ1v) is 19.2. The summed E-state index contributed by atoms with van der Waals surface area (Å²) >= 11 is 13.5. The molecule has 0 aliphatic heterocycles. The summed E-state index contributed by atoms with van der Waals surface area (Å²) in [4.78, 5) is 13.2. The van der Waals surface area contributed by atoms with Crippen molar-refractivity contribution in [1.29, 1.82) is 10.5 Å². The highest BCUT2D eigenvalue weighted by atomic mass is 35.5. The molecule has 5 heteroatoms. The Bertz CT molecular complexity index is 1640. The Morgan fingerprint density at radius 3 is 1.20 bits per heavy atom. The number of halogens is 2. The lowest BCUT2D eigenvalue weighted by Gasteiger charge is -2.30. The number of Topliss-reactive ketones (excluding diaryl/α,β-unsaturated/α-hetero) is 1. The van der Waals surface area contributed by atoms with Crippen LogP contribution in [-0.4, -0.2) is 5.78 Å². The third-order valence-corrected chi connectivity index (χ3v) is 12.1. The number of nitrogens with zero attached hydrogens (tertiary/aromatic N) is 2. The van der Waals surface area contributed by atoms with E-state index in [1.54, 1.807) is 0 Å². The Hall–Kier alpha value is -3.89. The van der Waals surface area contributed by atoms with E-state index in [9.17, 15) is 4.79 Å². The van der Waals surface area contributed by atoms with Gasteiger partial charge in [-0.2, -0.15) is 10.5 Å². The average Bonchev–Trinajstić information content (AvgIpc) is 3.16. The van der Waals surface area contributed by atoms with Crippen LogP contribution < -0.4 is 0 Å². The maximum atomic E-state index is 13.2. The highest BCUT2D eigenvalue weighted by molar-refractivity contribution is 6.21. The third kappa shape index (κ3) is 9.66. The minimum absolute atomic E-state index is 0.0997. The van der Waals surface area contributed by atoms with Gasteiger partial charge in [0.15, 0.2) is 0 Å². The van der Waals surface area contributed by atoms with Gasteiger partial charge in [-0.05, 0) is 146 Å². The Labute approximate surface area is 308 Å². The number of rotatable bonds is 12. The van der Waals surface area contributed by atoms with Crippen molar-refractivity contribution >= 4 is 29.0 Å². The lowest BCUT2D eigenvalue weighted by Crippen LogP contribution is -2.20. The SMILES string of the molecule is N#Cc1ccc(CC(Cl)c2ccc(C3CCC(CC(=O)C[C@H]4CC[C@H](c5ccc(C(Cl)Cc6ccc(C#N)cc6)cc5)CC4)CC3)cc2)cc1. The van der Waals surface area contributed by atoms with E-state index in [4.69, 9.17) is 33.7 Å². The summed E-state index contributed by atoms with van der Waals surface area (Å²) in [5.41, 5.74) is 8.63. The Morgan fingerprint density at radius 1 is 0.540 bits per heavy atom. The second-order valence-corrected chi connectivity index (χ2v) is 15.7. The van der Waals surface area contributed by atoms with Gasteiger partial charge < -0.3 is 0 Å². The van der Waals surface area contributed by atoms with Gasteiger partial charge in [-0.15, -0.1) is 23.2 Å². The Morgan fingerprint density at radius 2 is 0.880 bits per heavy atom. The molecule has 0 radical (unpaired) electrons. The summed E-state index contributed by atoms with van der Waals surface area (Å²) in [5.74, 6) is 2.64. The van der Waals surface area contributed by atoms with Gasteiger partial charge in [-0.1, -0.05) is 72.8 Å². The molecule has 2 fully saturated rings. The molecule has 0 bridgehead atoms. The van der Waals surface area contributed by atoms with Gasteiger partial charge in [0.2, 0.25) is 0 Å². The number of ketones is 1. The fraction of sp³-hybridized carbons (Fsp3) is 0.400. The average molecular weight is 702 g/mol. The lowest BCUT2D eigenvalue weighted by atomic mass is 9.74. The third-order valence-electron chi connectivity index (χ3n) is 11.3. The lowest BCUT2D eigenvalue weighted by molar-refractivity contribution is -0.121. The molecule has 2 aliphatic carbocycles. The van der Waals surface area contributed by atoms with Crippen molar-refractivity contribution in [2.45, 2.75) is 99.6 Å². The largest absolute Gasteiger partial charge is 0.300 e.